The Morgan fingerprint density at radius 1 is 0.333 bits per heavy atom. The van der Waals surface area contributed by atoms with Crippen molar-refractivity contribution in [3.63, 3.8) is 0 Å². The Bertz CT molecular complexity index is 2230. The fraction of sp³-hybridized carbons (Fsp3) is 0. The van der Waals surface area contributed by atoms with E-state index in [9.17, 15) is 0 Å². The molecule has 0 N–H and O–H groups in total. The van der Waals surface area contributed by atoms with Crippen molar-refractivity contribution in [2.24, 2.45) is 0 Å². The van der Waals surface area contributed by atoms with Gasteiger partial charge in [0.25, 0.3) is 0 Å². The van der Waals surface area contributed by atoms with Crippen LogP contribution in [0.2, 0.25) is 0 Å². The zero-order valence-electron chi connectivity index (χ0n) is 18.7. The molecule has 0 unspecified atom stereocenters. The molecule has 0 aliphatic rings. The lowest BCUT2D eigenvalue weighted by atomic mass is 9.99. The van der Waals surface area contributed by atoms with Gasteiger partial charge in [0, 0.05) is 41.3 Å². The van der Waals surface area contributed by atoms with Crippen LogP contribution in [0.4, 0.5) is 0 Å². The number of hydrogen-bond donors (Lipinski definition) is 0. The first kappa shape index (κ1) is 19.6. The second-order valence-electron chi connectivity index (χ2n) is 9.54. The maximum absolute atomic E-state index is 5.48. The van der Waals surface area contributed by atoms with E-state index < -0.39 is 0 Å². The van der Waals surface area contributed by atoms with Gasteiger partial charge in [0.05, 0.1) is 22.1 Å². The van der Waals surface area contributed by atoms with Crippen molar-refractivity contribution >= 4 is 119 Å². The number of nitrogens with zero attached hydrogens (tertiary/aromatic N) is 2. The normalized spacial score (nSPS) is 12.7. The lowest BCUT2D eigenvalue weighted by Gasteiger charge is -2.08. The van der Waals surface area contributed by atoms with E-state index in [2.05, 4.69) is 117 Å². The highest BCUT2D eigenvalue weighted by Crippen LogP contribution is 2.48. The third kappa shape index (κ3) is 2.16. The maximum Gasteiger partial charge on any atom is 0.0986 e. The molecule has 0 bridgehead atoms. The summed E-state index contributed by atoms with van der Waals surface area (Å²) in [6.45, 7) is 0. The molecule has 8 aromatic carbocycles. The fourth-order valence-electron chi connectivity index (χ4n) is 6.40. The van der Waals surface area contributed by atoms with Crippen molar-refractivity contribution in [3.05, 3.63) is 93.9 Å². The van der Waals surface area contributed by atoms with Crippen molar-refractivity contribution in [2.75, 3.05) is 0 Å². The van der Waals surface area contributed by atoms with Gasteiger partial charge in [-0.2, -0.15) is 0 Å². The Morgan fingerprint density at radius 2 is 0.694 bits per heavy atom. The predicted molar refractivity (Wildman–Crippen MR) is 160 cm³/mol. The van der Waals surface area contributed by atoms with Gasteiger partial charge in [-0.15, -0.1) is 0 Å². The van der Waals surface area contributed by atoms with Crippen molar-refractivity contribution in [1.82, 2.24) is 9.97 Å². The molecule has 0 atom stereocenters. The monoisotopic (exact) mass is 584 g/mol. The first-order valence-electron chi connectivity index (χ1n) is 11.9. The average molecular weight is 586 g/mol. The van der Waals surface area contributed by atoms with Crippen LogP contribution in [0, 0.1) is 0 Å². The van der Waals surface area contributed by atoms with E-state index in [-0.39, 0.29) is 0 Å². The second-order valence-corrected chi connectivity index (χ2v) is 11.1. The standard InChI is InChI=1S/C32H14Br2N2/c33-27-17-9-3-1-7-15(17)25-23-19(27)11-5-13-21(23)29-31(25)36-32-26-16-8-2-4-10-18(16)28(34)20-12-6-14-22(24(20)26)30(32)35-29/h1-14H. The molecule has 4 heteroatoms. The summed E-state index contributed by atoms with van der Waals surface area (Å²) in [7, 11) is 0. The fourth-order valence-corrected chi connectivity index (χ4v) is 7.75. The van der Waals surface area contributed by atoms with Gasteiger partial charge in [0.15, 0.2) is 0 Å². The molecule has 1 aromatic heterocycles. The molecule has 9 rings (SSSR count). The largest absolute Gasteiger partial charge is 0.243 e. The number of rotatable bonds is 0. The average Bonchev–Trinajstić information content (AvgIpc) is 3.43. The predicted octanol–water partition coefficient (Wildman–Crippen LogP) is 10.1. The number of fused-ring (bicyclic) bond motifs is 10. The summed E-state index contributed by atoms with van der Waals surface area (Å²) >= 11 is 7.81. The lowest BCUT2D eigenvalue weighted by molar-refractivity contribution is 1.46. The molecule has 166 valence electrons. The summed E-state index contributed by atoms with van der Waals surface area (Å²) < 4.78 is 2.26. The molecular weight excluding hydrogens is 572 g/mol. The van der Waals surface area contributed by atoms with Crippen LogP contribution in [-0.2, 0) is 0 Å². The van der Waals surface area contributed by atoms with Crippen LogP contribution in [0.15, 0.2) is 93.9 Å². The van der Waals surface area contributed by atoms with E-state index in [0.717, 1.165) is 41.8 Å². The van der Waals surface area contributed by atoms with Gasteiger partial charge in [-0.25, -0.2) is 9.97 Å². The van der Waals surface area contributed by atoms with Gasteiger partial charge in [-0.3, -0.25) is 0 Å². The quantitative estimate of drug-likeness (QED) is 0.165. The van der Waals surface area contributed by atoms with Gasteiger partial charge in [0.2, 0.25) is 0 Å². The van der Waals surface area contributed by atoms with E-state index in [0.29, 0.717) is 0 Å². The number of halogens is 2. The van der Waals surface area contributed by atoms with E-state index in [1.807, 2.05) is 0 Å². The van der Waals surface area contributed by atoms with Gasteiger partial charge in [-0.05, 0) is 64.2 Å². The van der Waals surface area contributed by atoms with Crippen molar-refractivity contribution < 1.29 is 0 Å². The molecule has 0 aliphatic heterocycles. The zero-order chi connectivity index (χ0) is 23.7. The zero-order valence-corrected chi connectivity index (χ0v) is 21.9. The Hall–Kier alpha value is -3.60. The maximum atomic E-state index is 5.48. The molecule has 0 fully saturated rings. The topological polar surface area (TPSA) is 25.8 Å². The summed E-state index contributed by atoms with van der Waals surface area (Å²) in [4.78, 5) is 10.9. The highest BCUT2D eigenvalue weighted by molar-refractivity contribution is 9.11. The molecule has 2 nitrogen and oxygen atoms in total. The van der Waals surface area contributed by atoms with Crippen molar-refractivity contribution in [2.45, 2.75) is 0 Å². The molecule has 0 amide bonds. The summed E-state index contributed by atoms with van der Waals surface area (Å²) in [5.74, 6) is 0. The Labute approximate surface area is 221 Å². The first-order chi connectivity index (χ1) is 17.7. The van der Waals surface area contributed by atoms with Crippen LogP contribution in [0.5, 0.6) is 0 Å². The summed E-state index contributed by atoms with van der Waals surface area (Å²) in [5, 5.41) is 14.4. The number of benzene rings is 6. The van der Waals surface area contributed by atoms with Crippen LogP contribution >= 0.6 is 31.9 Å². The minimum Gasteiger partial charge on any atom is -0.243 e. The number of aromatic nitrogens is 2. The lowest BCUT2D eigenvalue weighted by Crippen LogP contribution is -1.84. The summed E-state index contributed by atoms with van der Waals surface area (Å²) in [6, 6.07) is 30.2. The molecule has 1 heterocycles. The van der Waals surface area contributed by atoms with Gasteiger partial charge in [0.1, 0.15) is 0 Å². The van der Waals surface area contributed by atoms with E-state index in [4.69, 9.17) is 9.97 Å². The van der Waals surface area contributed by atoms with Crippen LogP contribution in [0.1, 0.15) is 0 Å². The van der Waals surface area contributed by atoms with E-state index >= 15 is 0 Å². The molecule has 0 aliphatic carbocycles. The SMILES string of the molecule is Brc1c2ccccc2c2c3nc4c(nc3c3cccc1c32)c1cccc2c(Br)c3ccccc3c4c21. The summed E-state index contributed by atoms with van der Waals surface area (Å²) in [6.07, 6.45) is 0. The van der Waals surface area contributed by atoms with Crippen LogP contribution in [-0.4, -0.2) is 9.97 Å². The van der Waals surface area contributed by atoms with E-state index in [1.165, 1.54) is 53.9 Å². The van der Waals surface area contributed by atoms with Crippen LogP contribution in [0.25, 0.3) is 86.7 Å². The molecule has 0 saturated carbocycles. The Morgan fingerprint density at radius 3 is 1.17 bits per heavy atom. The molecule has 9 aromatic rings. The molecule has 36 heavy (non-hydrogen) atoms. The van der Waals surface area contributed by atoms with Crippen LogP contribution < -0.4 is 0 Å². The molecular formula is C32H14Br2N2. The highest BCUT2D eigenvalue weighted by atomic mass is 79.9. The minimum absolute atomic E-state index is 0.978. The second kappa shape index (κ2) is 6.58. The van der Waals surface area contributed by atoms with Gasteiger partial charge < -0.3 is 0 Å². The van der Waals surface area contributed by atoms with Gasteiger partial charge >= 0.3 is 0 Å². The smallest absolute Gasteiger partial charge is 0.0986 e. The Kier molecular flexibility index (Phi) is 3.58. The van der Waals surface area contributed by atoms with Gasteiger partial charge in [-0.1, -0.05) is 84.9 Å². The Balaban J connectivity index is 1.65. The molecule has 0 saturated heterocycles. The van der Waals surface area contributed by atoms with E-state index in [1.54, 1.807) is 0 Å². The third-order valence-electron chi connectivity index (χ3n) is 7.85. The molecule has 0 radical (unpaired) electrons. The minimum atomic E-state index is 0.978. The number of hydrogen-bond acceptors (Lipinski definition) is 2. The first-order valence-corrected chi connectivity index (χ1v) is 13.5. The third-order valence-corrected chi connectivity index (χ3v) is 9.56. The van der Waals surface area contributed by atoms with Crippen LogP contribution in [0.3, 0.4) is 0 Å². The van der Waals surface area contributed by atoms with Crippen molar-refractivity contribution in [3.8, 4) is 0 Å². The molecule has 0 spiro atoms. The highest BCUT2D eigenvalue weighted by Gasteiger charge is 2.24. The summed E-state index contributed by atoms with van der Waals surface area (Å²) in [5.41, 5.74) is 3.92. The van der Waals surface area contributed by atoms with Crippen molar-refractivity contribution in [1.29, 1.82) is 0 Å².